The van der Waals surface area contributed by atoms with Crippen LogP contribution in [0, 0.1) is 0 Å². The van der Waals surface area contributed by atoms with E-state index in [1.165, 1.54) is 25.1 Å². The lowest BCUT2D eigenvalue weighted by Crippen LogP contribution is -2.35. The van der Waals surface area contributed by atoms with Crippen molar-refractivity contribution in [3.05, 3.63) is 23.8 Å². The predicted octanol–water partition coefficient (Wildman–Crippen LogP) is 0.570. The van der Waals surface area contributed by atoms with Crippen LogP contribution in [0.1, 0.15) is 17.3 Å². The molecule has 0 radical (unpaired) electrons. The number of aliphatic carboxylic acids is 2. The number of nitrogens with zero attached hydrogens (tertiary/aromatic N) is 1. The molecule has 0 aliphatic rings. The van der Waals surface area contributed by atoms with Gasteiger partial charge in [0.25, 0.3) is 0 Å². The van der Waals surface area contributed by atoms with Gasteiger partial charge in [-0.1, -0.05) is 0 Å². The normalized spacial score (nSPS) is 9.95. The van der Waals surface area contributed by atoms with Crippen molar-refractivity contribution in [1.82, 2.24) is 0 Å². The first-order chi connectivity index (χ1) is 8.81. The summed E-state index contributed by atoms with van der Waals surface area (Å²) in [5.41, 5.74) is 0.234. The summed E-state index contributed by atoms with van der Waals surface area (Å²) in [4.78, 5) is 33.9. The highest BCUT2D eigenvalue weighted by molar-refractivity contribution is 6.01. The van der Waals surface area contributed by atoms with Crippen molar-refractivity contribution in [1.29, 1.82) is 0 Å². The zero-order valence-electron chi connectivity index (χ0n) is 10.2. The number of benzene rings is 1. The molecular formula is C12H13NO6. The standard InChI is InChI=1S/C12H13NO6/c1-7(14)9-3-2-8(15)4-10(9)13(5-11(16)17)6-12(18)19/h2-4,15H,5-6H2,1H3,(H,16,17)(H,18,19). The molecule has 0 bridgehead atoms. The van der Waals surface area contributed by atoms with Gasteiger partial charge in [-0.3, -0.25) is 14.4 Å². The van der Waals surface area contributed by atoms with E-state index in [0.717, 1.165) is 4.90 Å². The fraction of sp³-hybridized carbons (Fsp3) is 0.250. The molecule has 0 heterocycles. The van der Waals surface area contributed by atoms with Gasteiger partial charge in [0.1, 0.15) is 18.8 Å². The number of phenolic OH excluding ortho intramolecular Hbond substituents is 1. The molecule has 1 rings (SSSR count). The number of Topliss-reactive ketones (excluding diaryl/α,β-unsaturated/α-hetero) is 1. The summed E-state index contributed by atoms with van der Waals surface area (Å²) in [6, 6.07) is 3.77. The summed E-state index contributed by atoms with van der Waals surface area (Å²) in [5, 5.41) is 27.0. The molecule has 0 spiro atoms. The Balaban J connectivity index is 3.26. The second kappa shape index (κ2) is 5.85. The van der Waals surface area contributed by atoms with Crippen LogP contribution in [0.5, 0.6) is 5.75 Å². The minimum Gasteiger partial charge on any atom is -0.508 e. The van der Waals surface area contributed by atoms with Gasteiger partial charge in [-0.25, -0.2) is 0 Å². The van der Waals surface area contributed by atoms with Crippen LogP contribution in [0.2, 0.25) is 0 Å². The number of carbonyl (C=O) groups excluding carboxylic acids is 1. The number of carbonyl (C=O) groups is 3. The summed E-state index contributed by atoms with van der Waals surface area (Å²) in [5.74, 6) is -3.00. The third-order valence-electron chi connectivity index (χ3n) is 2.35. The first-order valence-electron chi connectivity index (χ1n) is 5.33. The Hall–Kier alpha value is -2.57. The van der Waals surface area contributed by atoms with Gasteiger partial charge in [0, 0.05) is 11.6 Å². The highest BCUT2D eigenvalue weighted by Crippen LogP contribution is 2.26. The Morgan fingerprint density at radius 3 is 2.05 bits per heavy atom. The minimum atomic E-state index is -1.24. The lowest BCUT2D eigenvalue weighted by Gasteiger charge is -2.23. The fourth-order valence-corrected chi connectivity index (χ4v) is 1.63. The number of carboxylic acid groups (broad SMARTS) is 2. The highest BCUT2D eigenvalue weighted by atomic mass is 16.4. The van der Waals surface area contributed by atoms with Crippen LogP contribution >= 0.6 is 0 Å². The van der Waals surface area contributed by atoms with Crippen LogP contribution in [0.3, 0.4) is 0 Å². The lowest BCUT2D eigenvalue weighted by molar-refractivity contribution is -0.136. The number of aromatic hydroxyl groups is 1. The number of rotatable bonds is 6. The van der Waals surface area contributed by atoms with Gasteiger partial charge in [-0.05, 0) is 19.1 Å². The van der Waals surface area contributed by atoms with Crippen LogP contribution in [0.15, 0.2) is 18.2 Å². The van der Waals surface area contributed by atoms with E-state index in [9.17, 15) is 19.5 Å². The fourth-order valence-electron chi connectivity index (χ4n) is 1.63. The molecule has 7 nitrogen and oxygen atoms in total. The Morgan fingerprint density at radius 2 is 1.63 bits per heavy atom. The van der Waals surface area contributed by atoms with Crippen LogP contribution in [0.4, 0.5) is 5.69 Å². The Morgan fingerprint density at radius 1 is 1.11 bits per heavy atom. The van der Waals surface area contributed by atoms with E-state index in [1.807, 2.05) is 0 Å². The van der Waals surface area contributed by atoms with Gasteiger partial charge in [-0.2, -0.15) is 0 Å². The van der Waals surface area contributed by atoms with Crippen molar-refractivity contribution < 1.29 is 29.7 Å². The molecular weight excluding hydrogens is 254 g/mol. The van der Waals surface area contributed by atoms with Crippen molar-refractivity contribution in [2.75, 3.05) is 18.0 Å². The first kappa shape index (κ1) is 14.5. The van der Waals surface area contributed by atoms with E-state index in [-0.39, 0.29) is 22.8 Å². The molecule has 0 saturated heterocycles. The number of anilines is 1. The van der Waals surface area contributed by atoms with Gasteiger partial charge in [0.15, 0.2) is 5.78 Å². The second-order valence-electron chi connectivity index (χ2n) is 3.90. The molecule has 0 aromatic heterocycles. The molecule has 1 aromatic rings. The monoisotopic (exact) mass is 267 g/mol. The van der Waals surface area contributed by atoms with Crippen LogP contribution < -0.4 is 4.90 Å². The van der Waals surface area contributed by atoms with E-state index in [2.05, 4.69) is 0 Å². The molecule has 0 aliphatic heterocycles. The average molecular weight is 267 g/mol. The van der Waals surface area contributed by atoms with Crippen LogP contribution in [-0.4, -0.2) is 46.1 Å². The molecule has 0 aliphatic carbocycles. The summed E-state index contributed by atoms with van der Waals surface area (Å²) in [6.45, 7) is 0.0989. The smallest absolute Gasteiger partial charge is 0.323 e. The molecule has 19 heavy (non-hydrogen) atoms. The maximum atomic E-state index is 11.5. The first-order valence-corrected chi connectivity index (χ1v) is 5.33. The molecule has 0 unspecified atom stereocenters. The van der Waals surface area contributed by atoms with Crippen molar-refractivity contribution >= 4 is 23.4 Å². The van der Waals surface area contributed by atoms with Gasteiger partial charge >= 0.3 is 11.9 Å². The number of carboxylic acids is 2. The van der Waals surface area contributed by atoms with E-state index in [1.54, 1.807) is 0 Å². The van der Waals surface area contributed by atoms with Crippen molar-refractivity contribution in [3.63, 3.8) is 0 Å². The van der Waals surface area contributed by atoms with Gasteiger partial charge in [0.05, 0.1) is 5.69 Å². The SMILES string of the molecule is CC(=O)c1ccc(O)cc1N(CC(=O)O)CC(=O)O. The number of phenols is 1. The Kier molecular flexibility index (Phi) is 4.46. The zero-order valence-corrected chi connectivity index (χ0v) is 10.2. The maximum Gasteiger partial charge on any atom is 0.323 e. The Bertz CT molecular complexity index is 509. The minimum absolute atomic E-state index is 0.0808. The molecule has 0 saturated carbocycles. The third-order valence-corrected chi connectivity index (χ3v) is 2.35. The van der Waals surface area contributed by atoms with Crippen molar-refractivity contribution in [3.8, 4) is 5.75 Å². The van der Waals surface area contributed by atoms with E-state index in [0.29, 0.717) is 0 Å². The second-order valence-corrected chi connectivity index (χ2v) is 3.90. The van der Waals surface area contributed by atoms with Crippen molar-refractivity contribution in [2.24, 2.45) is 0 Å². The summed E-state index contributed by atoms with van der Waals surface area (Å²) < 4.78 is 0. The molecule has 7 heteroatoms. The van der Waals surface area contributed by atoms with Crippen molar-refractivity contribution in [2.45, 2.75) is 6.92 Å². The zero-order chi connectivity index (χ0) is 14.6. The highest BCUT2D eigenvalue weighted by Gasteiger charge is 2.19. The van der Waals surface area contributed by atoms with E-state index in [4.69, 9.17) is 10.2 Å². The molecule has 102 valence electrons. The van der Waals surface area contributed by atoms with Crippen LogP contribution in [-0.2, 0) is 9.59 Å². The van der Waals surface area contributed by atoms with Gasteiger partial charge < -0.3 is 20.2 Å². The van der Waals surface area contributed by atoms with Crippen LogP contribution in [0.25, 0.3) is 0 Å². The molecule has 0 fully saturated rings. The van der Waals surface area contributed by atoms with E-state index >= 15 is 0 Å². The van der Waals surface area contributed by atoms with Gasteiger partial charge in [-0.15, -0.1) is 0 Å². The summed E-state index contributed by atoms with van der Waals surface area (Å²) in [6.07, 6.45) is 0. The quantitative estimate of drug-likeness (QED) is 0.645. The molecule has 0 amide bonds. The van der Waals surface area contributed by atoms with E-state index < -0.39 is 25.0 Å². The van der Waals surface area contributed by atoms with Gasteiger partial charge in [0.2, 0.25) is 0 Å². The maximum absolute atomic E-state index is 11.5. The third kappa shape index (κ3) is 3.98. The summed E-state index contributed by atoms with van der Waals surface area (Å²) in [7, 11) is 0. The number of hydrogen-bond donors (Lipinski definition) is 3. The largest absolute Gasteiger partial charge is 0.508 e. The molecule has 3 N–H and O–H groups in total. The predicted molar refractivity (Wildman–Crippen MR) is 65.6 cm³/mol. The Labute approximate surface area is 108 Å². The lowest BCUT2D eigenvalue weighted by atomic mass is 10.1. The topological polar surface area (TPSA) is 115 Å². The average Bonchev–Trinajstić information content (AvgIpc) is 2.26. The number of ketones is 1. The molecule has 0 atom stereocenters. The number of hydrogen-bond acceptors (Lipinski definition) is 5. The molecule has 1 aromatic carbocycles. The summed E-state index contributed by atoms with van der Waals surface area (Å²) >= 11 is 0.